The maximum absolute atomic E-state index is 13.1. The summed E-state index contributed by atoms with van der Waals surface area (Å²) in [5.74, 6) is 0.845. The molecule has 0 saturated carbocycles. The summed E-state index contributed by atoms with van der Waals surface area (Å²) in [5.41, 5.74) is 0. The first-order valence-electron chi connectivity index (χ1n) is 38.2. The Hall–Kier alpha value is -1.94. The van der Waals surface area contributed by atoms with E-state index in [2.05, 4.69) is 55.4 Å². The van der Waals surface area contributed by atoms with Crippen LogP contribution in [0.4, 0.5) is 0 Å². The van der Waals surface area contributed by atoms with Gasteiger partial charge in [-0.2, -0.15) is 0 Å². The van der Waals surface area contributed by atoms with E-state index >= 15 is 0 Å². The van der Waals surface area contributed by atoms with Crippen molar-refractivity contribution in [2.75, 3.05) is 39.6 Å². The van der Waals surface area contributed by atoms with Crippen molar-refractivity contribution in [2.45, 2.75) is 388 Å². The van der Waals surface area contributed by atoms with Crippen molar-refractivity contribution in [1.29, 1.82) is 0 Å². The first kappa shape index (κ1) is 91.1. The van der Waals surface area contributed by atoms with Crippen LogP contribution in [0.1, 0.15) is 370 Å². The minimum absolute atomic E-state index is 0.102. The summed E-state index contributed by atoms with van der Waals surface area (Å²) >= 11 is 0. The van der Waals surface area contributed by atoms with Gasteiger partial charge in [0.05, 0.1) is 26.4 Å². The fourth-order valence-corrected chi connectivity index (χ4v) is 12.7. The van der Waals surface area contributed by atoms with E-state index in [0.717, 1.165) is 114 Å². The number of carbonyl (C=O) groups is 4. The molecule has 0 aromatic carbocycles. The average Bonchev–Trinajstić information content (AvgIpc) is 2.43. The molecule has 93 heavy (non-hydrogen) atoms. The molecular formula is C74H144O17P2. The molecule has 0 heterocycles. The van der Waals surface area contributed by atoms with Gasteiger partial charge in [-0.1, -0.05) is 319 Å². The van der Waals surface area contributed by atoms with Crippen molar-refractivity contribution in [1.82, 2.24) is 0 Å². The highest BCUT2D eigenvalue weighted by atomic mass is 31.2. The van der Waals surface area contributed by atoms with Gasteiger partial charge < -0.3 is 33.8 Å². The molecular weight excluding hydrogens is 1220 g/mol. The zero-order valence-electron chi connectivity index (χ0n) is 60.9. The number of carbonyl (C=O) groups excluding carboxylic acids is 4. The van der Waals surface area contributed by atoms with E-state index in [1.807, 2.05) is 0 Å². The second kappa shape index (κ2) is 63.5. The fraction of sp³-hybridized carbons (Fsp3) is 0.946. The Bertz CT molecular complexity index is 1840. The predicted molar refractivity (Wildman–Crippen MR) is 377 cm³/mol. The molecule has 552 valence electrons. The quantitative estimate of drug-likeness (QED) is 0.0222. The first-order chi connectivity index (χ1) is 44.6. The van der Waals surface area contributed by atoms with Gasteiger partial charge in [0.1, 0.15) is 19.3 Å². The van der Waals surface area contributed by atoms with Crippen LogP contribution in [-0.2, 0) is 65.4 Å². The van der Waals surface area contributed by atoms with Gasteiger partial charge in [0.15, 0.2) is 12.2 Å². The smallest absolute Gasteiger partial charge is 0.462 e. The first-order valence-corrected chi connectivity index (χ1v) is 41.2. The largest absolute Gasteiger partial charge is 0.472 e. The lowest BCUT2D eigenvalue weighted by atomic mass is 10.00. The van der Waals surface area contributed by atoms with Crippen molar-refractivity contribution in [3.63, 3.8) is 0 Å². The SMILES string of the molecule is CCC(C)CCCCCCCCC(=O)O[C@H](COC(=O)CCCCCCCCC(C)C)COP(=O)(O)OC[C@H](O)COP(=O)(O)OC[C@@H](COC(=O)CCCCCCCCCCCCCCCCCCCCC(C)C)OC(=O)CCCCCCCCCCCCC(C)C. The molecule has 3 unspecified atom stereocenters. The molecule has 0 aliphatic carbocycles. The van der Waals surface area contributed by atoms with Crippen LogP contribution in [0.5, 0.6) is 0 Å². The van der Waals surface area contributed by atoms with E-state index in [9.17, 15) is 43.2 Å². The minimum atomic E-state index is -4.96. The second-order valence-electron chi connectivity index (χ2n) is 28.4. The molecule has 0 aromatic heterocycles. The van der Waals surface area contributed by atoms with E-state index in [0.29, 0.717) is 31.6 Å². The Kier molecular flexibility index (Phi) is 62.2. The van der Waals surface area contributed by atoms with Gasteiger partial charge in [-0.05, 0) is 49.4 Å². The van der Waals surface area contributed by atoms with Gasteiger partial charge in [0, 0.05) is 25.7 Å². The molecule has 3 N–H and O–H groups in total. The normalized spacial score (nSPS) is 14.5. The van der Waals surface area contributed by atoms with Crippen LogP contribution in [0.15, 0.2) is 0 Å². The molecule has 0 spiro atoms. The van der Waals surface area contributed by atoms with Gasteiger partial charge in [-0.3, -0.25) is 37.3 Å². The van der Waals surface area contributed by atoms with E-state index in [-0.39, 0.29) is 25.7 Å². The highest BCUT2D eigenvalue weighted by Crippen LogP contribution is 2.45. The lowest BCUT2D eigenvalue weighted by molar-refractivity contribution is -0.161. The Labute approximate surface area is 568 Å². The fourth-order valence-electron chi connectivity index (χ4n) is 11.2. The standard InChI is InChI=1S/C74H144O17P2/c1-9-67(8)53-45-37-31-33-41-49-57-74(79)91-70(61-85-72(77)55-47-39-32-30-36-44-52-66(6)7)63-89-93(82,83)87-59-68(75)58-86-92(80,81)88-62-69(90-73(78)56-48-40-29-25-21-20-23-27-35-43-51-65(4)5)60-84-71(76)54-46-38-28-24-19-17-15-13-11-10-12-14-16-18-22-26-34-42-50-64(2)3/h64-70,75H,9-63H2,1-8H3,(H,80,81)(H,82,83)/t67?,68-,69-,70-/m1/s1. The molecule has 0 aromatic rings. The maximum atomic E-state index is 13.1. The number of ether oxygens (including phenoxy) is 4. The van der Waals surface area contributed by atoms with E-state index < -0.39 is 97.5 Å². The molecule has 19 heteroatoms. The summed E-state index contributed by atoms with van der Waals surface area (Å²) in [6.07, 6.45) is 47.6. The third-order valence-electron chi connectivity index (χ3n) is 17.4. The van der Waals surface area contributed by atoms with Gasteiger partial charge in [0.2, 0.25) is 0 Å². The number of hydrogen-bond donors (Lipinski definition) is 3. The number of hydrogen-bond acceptors (Lipinski definition) is 15. The van der Waals surface area contributed by atoms with E-state index in [1.165, 1.54) is 167 Å². The second-order valence-corrected chi connectivity index (χ2v) is 31.3. The molecule has 0 aliphatic heterocycles. The lowest BCUT2D eigenvalue weighted by Gasteiger charge is -2.21. The van der Waals surface area contributed by atoms with Crippen LogP contribution >= 0.6 is 15.6 Å². The molecule has 0 aliphatic rings. The molecule has 6 atom stereocenters. The lowest BCUT2D eigenvalue weighted by Crippen LogP contribution is -2.30. The summed E-state index contributed by atoms with van der Waals surface area (Å²) in [6, 6.07) is 0. The molecule has 0 radical (unpaired) electrons. The Balaban J connectivity index is 5.16. The van der Waals surface area contributed by atoms with Gasteiger partial charge in [-0.25, -0.2) is 9.13 Å². The van der Waals surface area contributed by atoms with Crippen LogP contribution in [-0.4, -0.2) is 96.7 Å². The van der Waals surface area contributed by atoms with Crippen LogP contribution in [0, 0.1) is 23.7 Å². The van der Waals surface area contributed by atoms with Crippen LogP contribution in [0.3, 0.4) is 0 Å². The Morgan fingerprint density at radius 2 is 0.516 bits per heavy atom. The van der Waals surface area contributed by atoms with Gasteiger partial charge in [-0.15, -0.1) is 0 Å². The zero-order chi connectivity index (χ0) is 68.9. The van der Waals surface area contributed by atoms with Crippen molar-refractivity contribution in [3.05, 3.63) is 0 Å². The summed E-state index contributed by atoms with van der Waals surface area (Å²) in [5, 5.41) is 10.6. The van der Waals surface area contributed by atoms with Crippen LogP contribution in [0.25, 0.3) is 0 Å². The third kappa shape index (κ3) is 67.0. The summed E-state index contributed by atoms with van der Waals surface area (Å²) in [6.45, 7) is 14.1. The van der Waals surface area contributed by atoms with E-state index in [1.54, 1.807) is 0 Å². The number of phosphoric ester groups is 2. The van der Waals surface area contributed by atoms with E-state index in [4.69, 9.17) is 37.0 Å². The average molecular weight is 1370 g/mol. The Morgan fingerprint density at radius 1 is 0.301 bits per heavy atom. The molecule has 0 saturated heterocycles. The van der Waals surface area contributed by atoms with Crippen LogP contribution < -0.4 is 0 Å². The molecule has 0 amide bonds. The molecule has 17 nitrogen and oxygen atoms in total. The maximum Gasteiger partial charge on any atom is 0.472 e. The van der Waals surface area contributed by atoms with Crippen molar-refractivity contribution in [3.8, 4) is 0 Å². The summed E-state index contributed by atoms with van der Waals surface area (Å²) < 4.78 is 68.3. The van der Waals surface area contributed by atoms with Gasteiger partial charge in [0.25, 0.3) is 0 Å². The number of aliphatic hydroxyl groups excluding tert-OH is 1. The predicted octanol–water partition coefficient (Wildman–Crippen LogP) is 21.3. The highest BCUT2D eigenvalue weighted by molar-refractivity contribution is 7.47. The highest BCUT2D eigenvalue weighted by Gasteiger charge is 2.30. The van der Waals surface area contributed by atoms with Crippen molar-refractivity contribution in [2.24, 2.45) is 23.7 Å². The van der Waals surface area contributed by atoms with Crippen LogP contribution in [0.2, 0.25) is 0 Å². The third-order valence-corrected chi connectivity index (χ3v) is 19.3. The monoisotopic (exact) mass is 1370 g/mol. The zero-order valence-corrected chi connectivity index (χ0v) is 62.7. The minimum Gasteiger partial charge on any atom is -0.462 e. The number of phosphoric acid groups is 2. The van der Waals surface area contributed by atoms with Crippen molar-refractivity contribution >= 4 is 39.5 Å². The van der Waals surface area contributed by atoms with Crippen molar-refractivity contribution < 1.29 is 80.2 Å². The number of aliphatic hydroxyl groups is 1. The van der Waals surface area contributed by atoms with Gasteiger partial charge >= 0.3 is 39.5 Å². The number of esters is 4. The molecule has 0 bridgehead atoms. The number of unbranched alkanes of at least 4 members (excludes halogenated alkanes) is 36. The topological polar surface area (TPSA) is 237 Å². The number of rotatable bonds is 71. The molecule has 0 fully saturated rings. The summed E-state index contributed by atoms with van der Waals surface area (Å²) in [7, 11) is -9.91. The summed E-state index contributed by atoms with van der Waals surface area (Å²) in [4.78, 5) is 72.6. The molecule has 0 rings (SSSR count). The Morgan fingerprint density at radius 3 is 0.763 bits per heavy atom.